The first-order chi connectivity index (χ1) is 6.92. The fourth-order valence-electron chi connectivity index (χ4n) is 1.94. The van der Waals surface area contributed by atoms with Crippen molar-refractivity contribution in [2.24, 2.45) is 0 Å². The first-order valence-electron chi connectivity index (χ1n) is 5.13. The minimum atomic E-state index is 0.448. The third kappa shape index (κ3) is 1.94. The number of aromatic nitrogens is 1. The molecule has 0 aromatic carbocycles. The second-order valence-electron chi connectivity index (χ2n) is 3.59. The van der Waals surface area contributed by atoms with Crippen LogP contribution >= 0.6 is 0 Å². The number of likely N-dealkylation sites (N-methyl/N-ethyl adjacent to an activating group) is 1. The largest absolute Gasteiger partial charge is 0.379 e. The van der Waals surface area contributed by atoms with Crippen LogP contribution in [0, 0.1) is 0 Å². The van der Waals surface area contributed by atoms with Gasteiger partial charge in [-0.25, -0.2) is 0 Å². The van der Waals surface area contributed by atoms with E-state index in [2.05, 4.69) is 23.3 Å². The van der Waals surface area contributed by atoms with Crippen molar-refractivity contribution in [3.8, 4) is 0 Å². The summed E-state index contributed by atoms with van der Waals surface area (Å²) in [6, 6.07) is 4.55. The summed E-state index contributed by atoms with van der Waals surface area (Å²) in [5, 5.41) is 3.44. The molecule has 2 rings (SSSR count). The van der Waals surface area contributed by atoms with Gasteiger partial charge in [0.25, 0.3) is 0 Å². The second kappa shape index (κ2) is 4.53. The summed E-state index contributed by atoms with van der Waals surface area (Å²) in [5.41, 5.74) is 1.27. The Kier molecular flexibility index (Phi) is 3.11. The van der Waals surface area contributed by atoms with E-state index in [0.29, 0.717) is 12.0 Å². The molecule has 14 heavy (non-hydrogen) atoms. The minimum absolute atomic E-state index is 0.448. The molecule has 2 heterocycles. The lowest BCUT2D eigenvalue weighted by atomic mass is 9.96. The molecule has 0 radical (unpaired) electrons. The number of ether oxygens (including phenoxy) is 1. The predicted octanol–water partition coefficient (Wildman–Crippen LogP) is 1.17. The zero-order valence-corrected chi connectivity index (χ0v) is 8.44. The highest BCUT2D eigenvalue weighted by Gasteiger charge is 2.28. The van der Waals surface area contributed by atoms with Crippen molar-refractivity contribution >= 4 is 0 Å². The van der Waals surface area contributed by atoms with Crippen molar-refractivity contribution in [1.29, 1.82) is 0 Å². The van der Waals surface area contributed by atoms with Crippen LogP contribution in [-0.4, -0.2) is 30.8 Å². The molecular formula is C11H16N2O. The van der Waals surface area contributed by atoms with Crippen LogP contribution in [0.5, 0.6) is 0 Å². The highest BCUT2D eigenvalue weighted by molar-refractivity contribution is 5.18. The van der Waals surface area contributed by atoms with Crippen LogP contribution in [0.15, 0.2) is 24.5 Å². The van der Waals surface area contributed by atoms with E-state index in [1.807, 2.05) is 18.5 Å². The number of hydrogen-bond donors (Lipinski definition) is 1. The Balaban J connectivity index is 2.10. The van der Waals surface area contributed by atoms with Crippen molar-refractivity contribution < 1.29 is 4.74 Å². The molecule has 1 aromatic heterocycles. The van der Waals surface area contributed by atoms with Crippen molar-refractivity contribution in [2.45, 2.75) is 18.9 Å². The summed E-state index contributed by atoms with van der Waals surface area (Å²) < 4.78 is 5.49. The third-order valence-corrected chi connectivity index (χ3v) is 2.66. The zero-order chi connectivity index (χ0) is 9.80. The number of rotatable bonds is 3. The van der Waals surface area contributed by atoms with Gasteiger partial charge in [-0.2, -0.15) is 0 Å². The molecule has 1 saturated heterocycles. The van der Waals surface area contributed by atoms with Crippen LogP contribution in [0.3, 0.4) is 0 Å². The summed E-state index contributed by atoms with van der Waals surface area (Å²) in [7, 11) is 0. The Labute approximate surface area is 84.5 Å². The first-order valence-corrected chi connectivity index (χ1v) is 5.13. The van der Waals surface area contributed by atoms with Gasteiger partial charge in [0.2, 0.25) is 0 Å². The Morgan fingerprint density at radius 2 is 2.50 bits per heavy atom. The van der Waals surface area contributed by atoms with E-state index in [4.69, 9.17) is 4.74 Å². The van der Waals surface area contributed by atoms with Crippen LogP contribution in [0.4, 0.5) is 0 Å². The Hall–Kier alpha value is -0.930. The van der Waals surface area contributed by atoms with Crippen molar-refractivity contribution in [3.05, 3.63) is 30.1 Å². The monoisotopic (exact) mass is 192 g/mol. The normalized spacial score (nSPS) is 26.6. The maximum absolute atomic E-state index is 5.49. The van der Waals surface area contributed by atoms with Gasteiger partial charge in [-0.15, -0.1) is 0 Å². The lowest BCUT2D eigenvalue weighted by Gasteiger charge is -2.17. The summed E-state index contributed by atoms with van der Waals surface area (Å²) in [4.78, 5) is 4.14. The molecule has 1 N–H and O–H groups in total. The van der Waals surface area contributed by atoms with Gasteiger partial charge in [0.05, 0.1) is 13.2 Å². The van der Waals surface area contributed by atoms with Crippen LogP contribution in [0.2, 0.25) is 0 Å². The standard InChI is InChI=1S/C11H16N2O/c1-2-13-11-8-14-7-10(11)9-4-3-5-12-6-9/h3-6,10-11,13H,2,7-8H2,1H3. The molecule has 2 unspecified atom stereocenters. The first kappa shape index (κ1) is 9.62. The molecule has 3 heteroatoms. The summed E-state index contributed by atoms with van der Waals surface area (Å²) in [6.07, 6.45) is 3.74. The van der Waals surface area contributed by atoms with Crippen LogP contribution in [0.25, 0.3) is 0 Å². The Morgan fingerprint density at radius 3 is 3.21 bits per heavy atom. The van der Waals surface area contributed by atoms with Gasteiger partial charge in [-0.05, 0) is 18.2 Å². The van der Waals surface area contributed by atoms with Crippen LogP contribution in [-0.2, 0) is 4.74 Å². The smallest absolute Gasteiger partial charge is 0.0626 e. The molecule has 1 aliphatic rings. The Bertz CT molecular complexity index is 276. The maximum Gasteiger partial charge on any atom is 0.0626 e. The lowest BCUT2D eigenvalue weighted by Crippen LogP contribution is -2.34. The lowest BCUT2D eigenvalue weighted by molar-refractivity contribution is 0.188. The van der Waals surface area contributed by atoms with Gasteiger partial charge in [-0.3, -0.25) is 4.98 Å². The molecule has 76 valence electrons. The second-order valence-corrected chi connectivity index (χ2v) is 3.59. The van der Waals surface area contributed by atoms with Crippen molar-refractivity contribution in [1.82, 2.24) is 10.3 Å². The molecule has 0 saturated carbocycles. The highest BCUT2D eigenvalue weighted by Crippen LogP contribution is 2.24. The van der Waals surface area contributed by atoms with E-state index in [0.717, 1.165) is 19.8 Å². The van der Waals surface area contributed by atoms with E-state index < -0.39 is 0 Å². The zero-order valence-electron chi connectivity index (χ0n) is 8.44. The molecule has 1 aromatic rings. The average Bonchev–Trinajstić information content (AvgIpc) is 2.68. The summed E-state index contributed by atoms with van der Waals surface area (Å²) in [5.74, 6) is 0.462. The fraction of sp³-hybridized carbons (Fsp3) is 0.545. The molecule has 3 nitrogen and oxygen atoms in total. The molecule has 1 fully saturated rings. The molecular weight excluding hydrogens is 176 g/mol. The van der Waals surface area contributed by atoms with Gasteiger partial charge in [0, 0.05) is 24.4 Å². The van der Waals surface area contributed by atoms with Crippen LogP contribution < -0.4 is 5.32 Å². The van der Waals surface area contributed by atoms with E-state index >= 15 is 0 Å². The SMILES string of the molecule is CCNC1COCC1c1cccnc1. The topological polar surface area (TPSA) is 34.1 Å². The van der Waals surface area contributed by atoms with Crippen molar-refractivity contribution in [3.63, 3.8) is 0 Å². The number of pyridine rings is 1. The van der Waals surface area contributed by atoms with E-state index in [1.54, 1.807) is 0 Å². The fourth-order valence-corrected chi connectivity index (χ4v) is 1.94. The summed E-state index contributed by atoms with van der Waals surface area (Å²) in [6.45, 7) is 4.74. The van der Waals surface area contributed by atoms with Gasteiger partial charge < -0.3 is 10.1 Å². The van der Waals surface area contributed by atoms with Crippen molar-refractivity contribution in [2.75, 3.05) is 19.8 Å². The molecule has 0 spiro atoms. The quantitative estimate of drug-likeness (QED) is 0.780. The predicted molar refractivity (Wildman–Crippen MR) is 55.3 cm³/mol. The van der Waals surface area contributed by atoms with Gasteiger partial charge >= 0.3 is 0 Å². The molecule has 1 aliphatic heterocycles. The van der Waals surface area contributed by atoms with Gasteiger partial charge in [0.1, 0.15) is 0 Å². The number of nitrogens with one attached hydrogen (secondary N) is 1. The maximum atomic E-state index is 5.49. The van der Waals surface area contributed by atoms with E-state index in [1.165, 1.54) is 5.56 Å². The molecule has 0 bridgehead atoms. The Morgan fingerprint density at radius 1 is 1.57 bits per heavy atom. The van der Waals surface area contributed by atoms with E-state index in [-0.39, 0.29) is 0 Å². The number of nitrogens with zero attached hydrogens (tertiary/aromatic N) is 1. The summed E-state index contributed by atoms with van der Waals surface area (Å²) >= 11 is 0. The van der Waals surface area contributed by atoms with E-state index in [9.17, 15) is 0 Å². The molecule has 0 aliphatic carbocycles. The highest BCUT2D eigenvalue weighted by atomic mass is 16.5. The van der Waals surface area contributed by atoms with Gasteiger partial charge in [-0.1, -0.05) is 13.0 Å². The third-order valence-electron chi connectivity index (χ3n) is 2.66. The molecule has 0 amide bonds. The van der Waals surface area contributed by atoms with Gasteiger partial charge in [0.15, 0.2) is 0 Å². The average molecular weight is 192 g/mol. The molecule has 2 atom stereocenters. The minimum Gasteiger partial charge on any atom is -0.379 e. The number of hydrogen-bond acceptors (Lipinski definition) is 3. The van der Waals surface area contributed by atoms with Crippen LogP contribution in [0.1, 0.15) is 18.4 Å².